The molecule has 0 amide bonds. The second-order valence-electron chi connectivity index (χ2n) is 14.8. The van der Waals surface area contributed by atoms with Gasteiger partial charge in [-0.25, -0.2) is 0 Å². The predicted molar refractivity (Wildman–Crippen MR) is 138 cm³/mol. The average Bonchev–Trinajstić information content (AvgIpc) is 3.05. The molecule has 31 heavy (non-hydrogen) atoms. The second kappa shape index (κ2) is 6.95. The summed E-state index contributed by atoms with van der Waals surface area (Å²) in [5.41, 5.74) is 2.26. The number of thioether (sulfide) groups is 1. The fourth-order valence-corrected chi connectivity index (χ4v) is 13.7. The Morgan fingerprint density at radius 1 is 0.677 bits per heavy atom. The van der Waals surface area contributed by atoms with Crippen LogP contribution in [0.3, 0.4) is 0 Å². The smallest absolute Gasteiger partial charge is 0.0248 e. The van der Waals surface area contributed by atoms with E-state index in [4.69, 9.17) is 0 Å². The zero-order valence-electron chi connectivity index (χ0n) is 22.2. The maximum absolute atomic E-state index is 2.81. The fraction of sp³-hybridized carbons (Fsp3) is 1.00. The van der Waals surface area contributed by atoms with Crippen molar-refractivity contribution >= 4 is 11.8 Å². The molecule has 0 N–H and O–H groups in total. The number of fused-ring (bicyclic) bond motifs is 6. The molecule has 1 heterocycles. The highest BCUT2D eigenvalue weighted by Crippen LogP contribution is 2.78. The molecule has 0 aromatic rings. The van der Waals surface area contributed by atoms with E-state index in [1.165, 1.54) is 77.0 Å². The predicted octanol–water partition coefficient (Wildman–Crippen LogP) is 9.52. The van der Waals surface area contributed by atoms with Crippen LogP contribution in [0.5, 0.6) is 0 Å². The van der Waals surface area contributed by atoms with E-state index >= 15 is 0 Å². The van der Waals surface area contributed by atoms with Crippen LogP contribution in [0.1, 0.15) is 132 Å². The second-order valence-corrected chi connectivity index (χ2v) is 16.7. The molecular weight excluding hydrogens is 392 g/mol. The molecule has 0 aromatic carbocycles. The Bertz CT molecular complexity index is 726. The summed E-state index contributed by atoms with van der Waals surface area (Å²) in [5.74, 6) is 3.76. The summed E-state index contributed by atoms with van der Waals surface area (Å²) in [6.45, 7) is 21.3. The monoisotopic (exact) mass is 444 g/mol. The summed E-state index contributed by atoms with van der Waals surface area (Å²) < 4.78 is 1.06. The molecule has 0 nitrogen and oxygen atoms in total. The first kappa shape index (κ1) is 23.1. The molecular formula is C30H52S. The molecule has 0 unspecified atom stereocenters. The average molecular weight is 445 g/mol. The molecule has 1 aliphatic heterocycles. The minimum Gasteiger partial charge on any atom is -0.148 e. The highest BCUT2D eigenvalue weighted by atomic mass is 32.2. The lowest BCUT2D eigenvalue weighted by Crippen LogP contribution is -2.66. The Kier molecular flexibility index (Phi) is 5.18. The fourth-order valence-electron chi connectivity index (χ4n) is 11.5. The molecule has 9 atom stereocenters. The molecule has 0 aromatic heterocycles. The van der Waals surface area contributed by atoms with E-state index < -0.39 is 0 Å². The maximum Gasteiger partial charge on any atom is 0.0248 e. The van der Waals surface area contributed by atoms with Crippen molar-refractivity contribution in [1.29, 1.82) is 0 Å². The quantitative estimate of drug-likeness (QED) is 0.388. The van der Waals surface area contributed by atoms with E-state index in [1.807, 2.05) is 0 Å². The maximum atomic E-state index is 2.81. The lowest BCUT2D eigenvalue weighted by atomic mass is 9.34. The molecule has 178 valence electrons. The SMILES string of the molecule is CC[C@@]1(C)CC[C@]2(S1)[C@H](C)CC[C@H]1[C@]3(C)CC[C@H]4C(C)(C)CCC[C@]4(C)[C@H]3CC[C@@]12C. The van der Waals surface area contributed by atoms with Gasteiger partial charge < -0.3 is 0 Å². The van der Waals surface area contributed by atoms with E-state index in [0.717, 1.165) is 23.7 Å². The largest absolute Gasteiger partial charge is 0.148 e. The Morgan fingerprint density at radius 2 is 1.35 bits per heavy atom. The van der Waals surface area contributed by atoms with Gasteiger partial charge in [0.25, 0.3) is 0 Å². The minimum absolute atomic E-state index is 0.522. The van der Waals surface area contributed by atoms with Gasteiger partial charge in [-0.15, -0.1) is 11.8 Å². The van der Waals surface area contributed by atoms with Gasteiger partial charge in [0.2, 0.25) is 0 Å². The summed E-state index contributed by atoms with van der Waals surface area (Å²) in [6.07, 6.45) is 17.8. The van der Waals surface area contributed by atoms with Gasteiger partial charge in [-0.1, -0.05) is 61.8 Å². The molecule has 1 spiro atoms. The Labute approximate surface area is 198 Å². The third-order valence-corrected chi connectivity index (χ3v) is 15.6. The summed E-state index contributed by atoms with van der Waals surface area (Å²) in [6, 6.07) is 0. The van der Waals surface area contributed by atoms with Gasteiger partial charge in [0.05, 0.1) is 0 Å². The lowest BCUT2D eigenvalue weighted by Gasteiger charge is -2.72. The first-order valence-electron chi connectivity index (χ1n) is 14.1. The number of rotatable bonds is 1. The summed E-state index contributed by atoms with van der Waals surface area (Å²) in [5, 5.41) is 0. The zero-order valence-corrected chi connectivity index (χ0v) is 23.0. The normalized spacial score (nSPS) is 58.5. The van der Waals surface area contributed by atoms with Crippen LogP contribution in [-0.2, 0) is 0 Å². The first-order chi connectivity index (χ1) is 14.4. The number of hydrogen-bond donors (Lipinski definition) is 0. The molecule has 1 saturated heterocycles. The standard InChI is InChI=1S/C30H52S/c1-9-26(5)19-20-30(31-26)21(2)11-12-24-28(7)17-13-22-25(3,4)15-10-16-27(22,6)23(28)14-18-29(24,30)8/h21-24H,9-20H2,1-8H3/t21-,22+,23-,24+,26+,27+,28-,29+,30+/m1/s1. The van der Waals surface area contributed by atoms with Crippen molar-refractivity contribution in [2.24, 2.45) is 45.3 Å². The van der Waals surface area contributed by atoms with E-state index in [2.05, 4.69) is 67.2 Å². The molecule has 5 aliphatic rings. The summed E-state index contributed by atoms with van der Waals surface area (Å²) in [4.78, 5) is 0. The van der Waals surface area contributed by atoms with Crippen molar-refractivity contribution in [2.75, 3.05) is 0 Å². The third-order valence-electron chi connectivity index (χ3n) is 13.2. The zero-order chi connectivity index (χ0) is 22.5. The Morgan fingerprint density at radius 3 is 2.03 bits per heavy atom. The van der Waals surface area contributed by atoms with E-state index in [-0.39, 0.29) is 0 Å². The van der Waals surface area contributed by atoms with Gasteiger partial charge in [0.15, 0.2) is 0 Å². The molecule has 5 rings (SSSR count). The van der Waals surface area contributed by atoms with Gasteiger partial charge in [-0.05, 0) is 116 Å². The van der Waals surface area contributed by atoms with Crippen molar-refractivity contribution in [3.63, 3.8) is 0 Å². The van der Waals surface area contributed by atoms with Crippen LogP contribution in [0.25, 0.3) is 0 Å². The van der Waals surface area contributed by atoms with Crippen LogP contribution < -0.4 is 0 Å². The van der Waals surface area contributed by atoms with E-state index in [9.17, 15) is 0 Å². The van der Waals surface area contributed by atoms with Crippen LogP contribution in [0.2, 0.25) is 0 Å². The molecule has 4 aliphatic carbocycles. The lowest BCUT2D eigenvalue weighted by molar-refractivity contribution is -0.209. The summed E-state index contributed by atoms with van der Waals surface area (Å²) in [7, 11) is 0. The van der Waals surface area contributed by atoms with Crippen LogP contribution >= 0.6 is 11.8 Å². The number of hydrogen-bond acceptors (Lipinski definition) is 1. The van der Waals surface area contributed by atoms with Crippen LogP contribution in [-0.4, -0.2) is 9.49 Å². The molecule has 1 heteroatoms. The van der Waals surface area contributed by atoms with Crippen LogP contribution in [0.15, 0.2) is 0 Å². The van der Waals surface area contributed by atoms with Gasteiger partial charge in [-0.3, -0.25) is 0 Å². The van der Waals surface area contributed by atoms with Crippen molar-refractivity contribution in [2.45, 2.75) is 142 Å². The van der Waals surface area contributed by atoms with Crippen molar-refractivity contribution in [3.8, 4) is 0 Å². The van der Waals surface area contributed by atoms with Crippen molar-refractivity contribution < 1.29 is 0 Å². The van der Waals surface area contributed by atoms with Gasteiger partial charge in [-0.2, -0.15) is 0 Å². The van der Waals surface area contributed by atoms with Gasteiger partial charge in [0.1, 0.15) is 0 Å². The van der Waals surface area contributed by atoms with Crippen molar-refractivity contribution in [3.05, 3.63) is 0 Å². The van der Waals surface area contributed by atoms with Crippen LogP contribution in [0, 0.1) is 45.3 Å². The van der Waals surface area contributed by atoms with Crippen molar-refractivity contribution in [1.82, 2.24) is 0 Å². The van der Waals surface area contributed by atoms with Gasteiger partial charge >= 0.3 is 0 Å². The highest BCUT2D eigenvalue weighted by Gasteiger charge is 2.70. The summed E-state index contributed by atoms with van der Waals surface area (Å²) >= 11 is 2.49. The van der Waals surface area contributed by atoms with Crippen LogP contribution in [0.4, 0.5) is 0 Å². The first-order valence-corrected chi connectivity index (χ1v) is 14.9. The van der Waals surface area contributed by atoms with Gasteiger partial charge in [0, 0.05) is 9.49 Å². The molecule has 4 saturated carbocycles. The molecule has 0 radical (unpaired) electrons. The third kappa shape index (κ3) is 2.86. The molecule has 0 bridgehead atoms. The topological polar surface area (TPSA) is 0 Å². The Balaban J connectivity index is 1.54. The highest BCUT2D eigenvalue weighted by molar-refractivity contribution is 8.02. The van der Waals surface area contributed by atoms with E-state index in [0.29, 0.717) is 31.2 Å². The van der Waals surface area contributed by atoms with E-state index in [1.54, 1.807) is 0 Å². The molecule has 5 fully saturated rings. The minimum atomic E-state index is 0.522. The Hall–Kier alpha value is 0.350.